The van der Waals surface area contributed by atoms with Gasteiger partial charge in [0.05, 0.1) is 5.69 Å². The predicted molar refractivity (Wildman–Crippen MR) is 114 cm³/mol. The molecule has 148 valence electrons. The van der Waals surface area contributed by atoms with Crippen molar-refractivity contribution < 1.29 is 4.79 Å². The summed E-state index contributed by atoms with van der Waals surface area (Å²) in [6.07, 6.45) is 5.09. The minimum absolute atomic E-state index is 0.00769. The topological polar surface area (TPSA) is 57.9 Å². The largest absolute Gasteiger partial charge is 0.337 e. The van der Waals surface area contributed by atoms with Crippen LogP contribution in [0.2, 0.25) is 5.02 Å². The molecule has 3 heterocycles. The third-order valence-electron chi connectivity index (χ3n) is 4.96. The zero-order valence-corrected chi connectivity index (χ0v) is 16.6. The Kier molecular flexibility index (Phi) is 5.74. The van der Waals surface area contributed by atoms with Crippen LogP contribution in [0.3, 0.4) is 0 Å². The molecule has 0 bridgehead atoms. The van der Waals surface area contributed by atoms with Gasteiger partial charge in [-0.05, 0) is 35.9 Å². The van der Waals surface area contributed by atoms with E-state index in [0.717, 1.165) is 24.3 Å². The summed E-state index contributed by atoms with van der Waals surface area (Å²) in [7, 11) is 0. The first-order chi connectivity index (χ1) is 14.1. The first-order valence-corrected chi connectivity index (χ1v) is 9.88. The number of amides is 1. The van der Waals surface area contributed by atoms with Crippen molar-refractivity contribution in [2.75, 3.05) is 26.2 Å². The number of hydrogen-bond acceptors (Lipinski definition) is 4. The molecule has 29 heavy (non-hydrogen) atoms. The highest BCUT2D eigenvalue weighted by Gasteiger charge is 2.20. The quantitative estimate of drug-likeness (QED) is 0.623. The van der Waals surface area contributed by atoms with Gasteiger partial charge in [-0.25, -0.2) is 4.98 Å². The number of aromatic nitrogens is 2. The summed E-state index contributed by atoms with van der Waals surface area (Å²) in [6, 6.07) is 14.5. The van der Waals surface area contributed by atoms with Gasteiger partial charge in [-0.2, -0.15) is 0 Å². The summed E-state index contributed by atoms with van der Waals surface area (Å²) in [6.45, 7) is 3.37. The average Bonchev–Trinajstić information content (AvgIpc) is 2.73. The van der Waals surface area contributed by atoms with E-state index in [1.54, 1.807) is 30.5 Å². The molecule has 0 saturated carbocycles. The summed E-state index contributed by atoms with van der Waals surface area (Å²) < 4.78 is 1.53. The van der Waals surface area contributed by atoms with Crippen LogP contribution in [-0.4, -0.2) is 51.3 Å². The average molecular weight is 409 g/mol. The first kappa shape index (κ1) is 19.4. The van der Waals surface area contributed by atoms with E-state index in [0.29, 0.717) is 30.3 Å². The molecular formula is C22H21ClN4O2. The van der Waals surface area contributed by atoms with Gasteiger partial charge in [-0.1, -0.05) is 29.8 Å². The molecule has 1 aliphatic heterocycles. The van der Waals surface area contributed by atoms with Crippen molar-refractivity contribution in [3.8, 4) is 0 Å². The Balaban J connectivity index is 1.35. The smallest absolute Gasteiger partial charge is 0.258 e. The number of piperazine rings is 1. The minimum atomic E-state index is -0.0782. The molecule has 0 N–H and O–H groups in total. The number of halogens is 1. The lowest BCUT2D eigenvalue weighted by atomic mass is 10.2. The van der Waals surface area contributed by atoms with Crippen LogP contribution in [0, 0.1) is 0 Å². The number of carbonyl (C=O) groups is 1. The summed E-state index contributed by atoms with van der Waals surface area (Å²) >= 11 is 5.97. The van der Waals surface area contributed by atoms with E-state index in [2.05, 4.69) is 9.88 Å². The van der Waals surface area contributed by atoms with E-state index in [9.17, 15) is 9.59 Å². The van der Waals surface area contributed by atoms with Crippen LogP contribution in [0.1, 0.15) is 11.3 Å². The Morgan fingerprint density at radius 2 is 1.90 bits per heavy atom. The van der Waals surface area contributed by atoms with Gasteiger partial charge in [-0.15, -0.1) is 0 Å². The van der Waals surface area contributed by atoms with Gasteiger partial charge in [0.25, 0.3) is 5.56 Å². The normalized spacial score (nSPS) is 15.3. The molecule has 0 atom stereocenters. The number of benzene rings is 1. The fourth-order valence-corrected chi connectivity index (χ4v) is 3.62. The molecule has 1 aromatic carbocycles. The molecular weight excluding hydrogens is 388 g/mol. The number of rotatable bonds is 4. The Morgan fingerprint density at radius 1 is 1.07 bits per heavy atom. The predicted octanol–water partition coefficient (Wildman–Crippen LogP) is 2.71. The Hall–Kier alpha value is -2.96. The van der Waals surface area contributed by atoms with E-state index < -0.39 is 0 Å². The van der Waals surface area contributed by atoms with Gasteiger partial charge in [0.2, 0.25) is 5.91 Å². The molecule has 7 heteroatoms. The maximum absolute atomic E-state index is 12.4. The minimum Gasteiger partial charge on any atom is -0.337 e. The van der Waals surface area contributed by atoms with Crippen LogP contribution < -0.4 is 5.56 Å². The molecule has 1 aliphatic rings. The lowest BCUT2D eigenvalue weighted by Gasteiger charge is -2.34. The zero-order valence-electron chi connectivity index (χ0n) is 15.9. The molecule has 2 aromatic heterocycles. The van der Waals surface area contributed by atoms with Crippen molar-refractivity contribution in [3.05, 3.63) is 87.4 Å². The number of pyridine rings is 1. The number of hydrogen-bond donors (Lipinski definition) is 0. The molecule has 1 fully saturated rings. The van der Waals surface area contributed by atoms with Crippen LogP contribution in [-0.2, 0) is 11.3 Å². The molecule has 0 radical (unpaired) electrons. The second kappa shape index (κ2) is 8.59. The second-order valence-electron chi connectivity index (χ2n) is 7.00. The zero-order chi connectivity index (χ0) is 20.2. The van der Waals surface area contributed by atoms with E-state index in [-0.39, 0.29) is 11.5 Å². The molecule has 6 nitrogen and oxygen atoms in total. The monoisotopic (exact) mass is 408 g/mol. The molecule has 4 rings (SSSR count). The van der Waals surface area contributed by atoms with Gasteiger partial charge in [-0.3, -0.25) is 18.9 Å². The van der Waals surface area contributed by atoms with E-state index >= 15 is 0 Å². The van der Waals surface area contributed by atoms with Crippen molar-refractivity contribution in [2.24, 2.45) is 0 Å². The second-order valence-corrected chi connectivity index (χ2v) is 7.44. The first-order valence-electron chi connectivity index (χ1n) is 9.51. The Labute approximate surface area is 173 Å². The van der Waals surface area contributed by atoms with Crippen LogP contribution in [0.25, 0.3) is 11.7 Å². The lowest BCUT2D eigenvalue weighted by molar-refractivity contribution is -0.127. The van der Waals surface area contributed by atoms with E-state index in [1.807, 2.05) is 41.3 Å². The maximum Gasteiger partial charge on any atom is 0.258 e. The molecule has 0 spiro atoms. The SMILES string of the molecule is O=C(/C=C/c1cccc(Cl)c1)N1CCN(Cc2cc(=O)n3ccccc3n2)CC1. The van der Waals surface area contributed by atoms with Crippen molar-refractivity contribution in [1.82, 2.24) is 19.2 Å². The Morgan fingerprint density at radius 3 is 2.69 bits per heavy atom. The highest BCUT2D eigenvalue weighted by molar-refractivity contribution is 6.30. The van der Waals surface area contributed by atoms with Crippen molar-refractivity contribution in [1.29, 1.82) is 0 Å². The van der Waals surface area contributed by atoms with E-state index in [4.69, 9.17) is 11.6 Å². The number of carbonyl (C=O) groups excluding carboxylic acids is 1. The number of nitrogens with zero attached hydrogens (tertiary/aromatic N) is 4. The standard InChI is InChI=1S/C22H21ClN4O2/c23-18-5-3-4-17(14-18)7-8-21(28)26-12-10-25(11-13-26)16-19-15-22(29)27-9-2-1-6-20(27)24-19/h1-9,14-15H,10-13,16H2/b8-7+. The van der Waals surface area contributed by atoms with Crippen molar-refractivity contribution in [3.63, 3.8) is 0 Å². The maximum atomic E-state index is 12.4. The lowest BCUT2D eigenvalue weighted by Crippen LogP contribution is -2.48. The van der Waals surface area contributed by atoms with Crippen molar-refractivity contribution >= 4 is 29.2 Å². The highest BCUT2D eigenvalue weighted by Crippen LogP contribution is 2.13. The third-order valence-corrected chi connectivity index (χ3v) is 5.20. The van der Waals surface area contributed by atoms with Crippen LogP contribution in [0.4, 0.5) is 0 Å². The summed E-state index contributed by atoms with van der Waals surface area (Å²) in [5, 5.41) is 0.648. The molecule has 0 aliphatic carbocycles. The van der Waals surface area contributed by atoms with E-state index in [1.165, 1.54) is 4.40 Å². The molecule has 3 aromatic rings. The van der Waals surface area contributed by atoms with Gasteiger partial charge in [0, 0.05) is 56.1 Å². The summed E-state index contributed by atoms with van der Waals surface area (Å²) in [5.41, 5.74) is 2.22. The third kappa shape index (κ3) is 4.72. The fraction of sp³-hybridized carbons (Fsp3) is 0.227. The molecule has 0 unspecified atom stereocenters. The Bertz CT molecular complexity index is 1120. The van der Waals surface area contributed by atoms with Gasteiger partial charge in [0.1, 0.15) is 5.65 Å². The van der Waals surface area contributed by atoms with Crippen LogP contribution in [0.15, 0.2) is 65.6 Å². The molecule has 1 amide bonds. The van der Waals surface area contributed by atoms with Crippen LogP contribution >= 0.6 is 11.6 Å². The summed E-state index contributed by atoms with van der Waals surface area (Å²) in [5.74, 6) is -0.00769. The highest BCUT2D eigenvalue weighted by atomic mass is 35.5. The van der Waals surface area contributed by atoms with Gasteiger partial charge >= 0.3 is 0 Å². The van der Waals surface area contributed by atoms with Gasteiger partial charge < -0.3 is 4.90 Å². The van der Waals surface area contributed by atoms with Crippen LogP contribution in [0.5, 0.6) is 0 Å². The fourth-order valence-electron chi connectivity index (χ4n) is 3.42. The summed E-state index contributed by atoms with van der Waals surface area (Å²) in [4.78, 5) is 33.3. The number of fused-ring (bicyclic) bond motifs is 1. The van der Waals surface area contributed by atoms with Crippen molar-refractivity contribution in [2.45, 2.75) is 6.54 Å². The molecule has 1 saturated heterocycles. The van der Waals surface area contributed by atoms with Gasteiger partial charge in [0.15, 0.2) is 0 Å².